The second-order valence-corrected chi connectivity index (χ2v) is 14.6. The van der Waals surface area contributed by atoms with E-state index < -0.39 is 11.6 Å². The summed E-state index contributed by atoms with van der Waals surface area (Å²) in [6.45, 7) is 1.90. The number of hydrazine groups is 1. The number of carbonyl (C=O) groups is 1. The maximum absolute atomic E-state index is 14.4. The molecule has 47 heavy (non-hydrogen) atoms. The third-order valence-corrected chi connectivity index (χ3v) is 11.2. The Kier molecular flexibility index (Phi) is 12.0. The van der Waals surface area contributed by atoms with Gasteiger partial charge in [0.15, 0.2) is 0 Å². The summed E-state index contributed by atoms with van der Waals surface area (Å²) in [6, 6.07) is 17.2. The number of hydroxylamine groups is 1. The van der Waals surface area contributed by atoms with Gasteiger partial charge in [0, 0.05) is 32.1 Å². The van der Waals surface area contributed by atoms with E-state index in [9.17, 15) is 14.4 Å². The number of rotatable bonds is 7. The van der Waals surface area contributed by atoms with Crippen LogP contribution < -0.4 is 10.8 Å². The van der Waals surface area contributed by atoms with Crippen molar-refractivity contribution in [1.82, 2.24) is 20.8 Å². The van der Waals surface area contributed by atoms with Gasteiger partial charge in [-0.25, -0.2) is 14.4 Å². The molecular weight excluding hydrogens is 589 g/mol. The topological polar surface area (TPSA) is 80.6 Å². The highest BCUT2D eigenvalue weighted by molar-refractivity contribution is 5.82. The quantitative estimate of drug-likeness (QED) is 0.323. The lowest BCUT2D eigenvalue weighted by atomic mass is 9.73. The predicted octanol–water partition coefficient (Wildman–Crippen LogP) is 7.66. The maximum atomic E-state index is 14.4. The number of nitrogens with zero attached hydrogens (tertiary/aromatic N) is 3. The fourth-order valence-corrected chi connectivity index (χ4v) is 8.80. The van der Waals surface area contributed by atoms with E-state index in [4.69, 9.17) is 4.84 Å². The fraction of sp³-hybridized carbons (Fsp3) is 0.641. The summed E-state index contributed by atoms with van der Waals surface area (Å²) in [5.41, 5.74) is 5.00. The average molecular weight is 644 g/mol. The molecule has 2 N–H and O–H groups in total. The molecule has 3 unspecified atom stereocenters. The minimum absolute atomic E-state index is 0.00957. The molecule has 2 aliphatic heterocycles. The second-order valence-electron chi connectivity index (χ2n) is 14.6. The summed E-state index contributed by atoms with van der Waals surface area (Å²) in [7, 11) is 0. The molecule has 2 aromatic carbocycles. The van der Waals surface area contributed by atoms with Gasteiger partial charge < -0.3 is 5.32 Å². The number of carbonyl (C=O) groups excluding carboxylic acids is 1. The number of nitriles is 1. The lowest BCUT2D eigenvalue weighted by molar-refractivity contribution is -0.127. The van der Waals surface area contributed by atoms with E-state index in [1.54, 1.807) is 6.07 Å². The molecule has 1 amide bonds. The second kappa shape index (κ2) is 16.5. The van der Waals surface area contributed by atoms with Crippen LogP contribution in [-0.2, 0) is 21.8 Å². The molecular formula is C39H54FN5O2. The zero-order chi connectivity index (χ0) is 32.5. The van der Waals surface area contributed by atoms with Crippen LogP contribution in [0.15, 0.2) is 48.5 Å². The van der Waals surface area contributed by atoms with Gasteiger partial charge in [-0.3, -0.25) is 9.63 Å². The van der Waals surface area contributed by atoms with Crippen molar-refractivity contribution in [1.29, 1.82) is 5.26 Å². The normalized spacial score (nSPS) is 27.9. The third kappa shape index (κ3) is 8.61. The first kappa shape index (κ1) is 34.0. The lowest BCUT2D eigenvalue weighted by Gasteiger charge is -2.36. The van der Waals surface area contributed by atoms with Crippen LogP contribution in [0, 0.1) is 23.1 Å². The minimum Gasteiger partial charge on any atom is -0.349 e. The summed E-state index contributed by atoms with van der Waals surface area (Å²) < 4.78 is 14.4. The summed E-state index contributed by atoms with van der Waals surface area (Å²) >= 11 is 0. The van der Waals surface area contributed by atoms with Crippen molar-refractivity contribution in [3.63, 3.8) is 0 Å². The van der Waals surface area contributed by atoms with Gasteiger partial charge in [-0.1, -0.05) is 107 Å². The zero-order valence-corrected chi connectivity index (χ0v) is 28.1. The van der Waals surface area contributed by atoms with Crippen molar-refractivity contribution in [3.8, 4) is 6.07 Å². The van der Waals surface area contributed by atoms with E-state index in [0.29, 0.717) is 37.0 Å². The van der Waals surface area contributed by atoms with Crippen molar-refractivity contribution in [2.45, 2.75) is 139 Å². The number of hydrogen-bond acceptors (Lipinski definition) is 6. The van der Waals surface area contributed by atoms with Crippen molar-refractivity contribution in [2.75, 3.05) is 13.1 Å². The SMILES string of the molecule is N#Cc1cc(F)cc(CN2CC(NC(=O)C3CC(c4ccccc4)(C4CCCCCCCC4)ON3)CN2C2CCCCCCCC2)c1. The smallest absolute Gasteiger partial charge is 0.239 e. The summed E-state index contributed by atoms with van der Waals surface area (Å²) in [5, 5.41) is 17.6. The molecule has 2 heterocycles. The van der Waals surface area contributed by atoms with Gasteiger partial charge in [0.2, 0.25) is 5.91 Å². The van der Waals surface area contributed by atoms with Crippen molar-refractivity contribution < 1.29 is 14.0 Å². The first-order chi connectivity index (χ1) is 23.0. The Morgan fingerprint density at radius 2 is 1.53 bits per heavy atom. The average Bonchev–Trinajstić information content (AvgIpc) is 3.75. The van der Waals surface area contributed by atoms with Gasteiger partial charge in [0.25, 0.3) is 0 Å². The molecule has 2 aromatic rings. The Bertz CT molecular complexity index is 1330. The molecule has 0 aromatic heterocycles. The molecule has 3 atom stereocenters. The number of halogens is 1. The Hall–Kier alpha value is -2.83. The van der Waals surface area contributed by atoms with Crippen LogP contribution in [-0.4, -0.2) is 47.1 Å². The Morgan fingerprint density at radius 1 is 0.894 bits per heavy atom. The highest BCUT2D eigenvalue weighted by atomic mass is 19.1. The summed E-state index contributed by atoms with van der Waals surface area (Å²) in [5.74, 6) is -0.0328. The van der Waals surface area contributed by atoms with E-state index in [1.807, 2.05) is 6.07 Å². The third-order valence-electron chi connectivity index (χ3n) is 11.2. The molecule has 0 radical (unpaired) electrons. The van der Waals surface area contributed by atoms with Gasteiger partial charge in [-0.05, 0) is 60.9 Å². The van der Waals surface area contributed by atoms with Crippen LogP contribution in [0.4, 0.5) is 4.39 Å². The van der Waals surface area contributed by atoms with Gasteiger partial charge in [-0.15, -0.1) is 0 Å². The standard InChI is InChI=1S/C39H54FN5O2/c40-34-23-30(26-41)22-31(24-34)27-44-28-35(29-45(44)36-20-14-7-3-4-8-15-21-36)42-38(46)37-25-39(47-43-37,33-18-12-9-13-19-33)32-16-10-5-1-2-6-11-17-32/h9,12-13,18-19,22-24,32,35-37,43H,1-8,10-11,14-17,20-21,25,27-29H2,(H,42,46). The van der Waals surface area contributed by atoms with Crippen molar-refractivity contribution in [2.24, 2.45) is 5.92 Å². The molecule has 0 spiro atoms. The van der Waals surface area contributed by atoms with Gasteiger partial charge in [-0.2, -0.15) is 10.7 Å². The number of amides is 1. The molecule has 6 rings (SSSR count). The molecule has 8 heteroatoms. The zero-order valence-electron chi connectivity index (χ0n) is 28.1. The van der Waals surface area contributed by atoms with Crippen LogP contribution in [0.2, 0.25) is 0 Å². The molecule has 2 saturated carbocycles. The Balaban J connectivity index is 1.18. The van der Waals surface area contributed by atoms with Gasteiger partial charge >= 0.3 is 0 Å². The van der Waals surface area contributed by atoms with E-state index in [1.165, 1.54) is 89.2 Å². The van der Waals surface area contributed by atoms with Crippen molar-refractivity contribution >= 4 is 5.91 Å². The highest BCUT2D eigenvalue weighted by Gasteiger charge is 2.50. The minimum atomic E-state index is -0.519. The van der Waals surface area contributed by atoms with Crippen LogP contribution in [0.3, 0.4) is 0 Å². The number of hydrogen-bond donors (Lipinski definition) is 2. The molecule has 2 aliphatic carbocycles. The Morgan fingerprint density at radius 3 is 2.19 bits per heavy atom. The summed E-state index contributed by atoms with van der Waals surface area (Å²) in [6.07, 6.45) is 20.2. The monoisotopic (exact) mass is 643 g/mol. The van der Waals surface area contributed by atoms with Crippen LogP contribution in [0.25, 0.3) is 0 Å². The van der Waals surface area contributed by atoms with Crippen molar-refractivity contribution in [3.05, 3.63) is 71.0 Å². The largest absolute Gasteiger partial charge is 0.349 e. The first-order valence-corrected chi connectivity index (χ1v) is 18.5. The number of nitrogens with one attached hydrogen (secondary N) is 2. The maximum Gasteiger partial charge on any atom is 0.239 e. The summed E-state index contributed by atoms with van der Waals surface area (Å²) in [4.78, 5) is 20.6. The van der Waals surface area contributed by atoms with Crippen LogP contribution >= 0.6 is 0 Å². The molecule has 2 saturated heterocycles. The van der Waals surface area contributed by atoms with Gasteiger partial charge in [0.1, 0.15) is 17.5 Å². The van der Waals surface area contributed by atoms with Gasteiger partial charge in [0.05, 0.1) is 17.7 Å². The van der Waals surface area contributed by atoms with E-state index in [2.05, 4.69) is 51.1 Å². The Labute approximate surface area is 281 Å². The number of benzene rings is 2. The molecule has 4 fully saturated rings. The molecule has 0 bridgehead atoms. The van der Waals surface area contributed by atoms with Crippen LogP contribution in [0.1, 0.15) is 126 Å². The van der Waals surface area contributed by atoms with Crippen LogP contribution in [0.5, 0.6) is 0 Å². The lowest BCUT2D eigenvalue weighted by Crippen LogP contribution is -2.47. The fourth-order valence-electron chi connectivity index (χ4n) is 8.80. The van der Waals surface area contributed by atoms with E-state index in [0.717, 1.165) is 43.4 Å². The molecule has 4 aliphatic rings. The molecule has 254 valence electrons. The predicted molar refractivity (Wildman–Crippen MR) is 182 cm³/mol. The molecule has 7 nitrogen and oxygen atoms in total. The van der Waals surface area contributed by atoms with E-state index in [-0.39, 0.29) is 17.8 Å². The van der Waals surface area contributed by atoms with E-state index >= 15 is 0 Å². The first-order valence-electron chi connectivity index (χ1n) is 18.5. The highest BCUT2D eigenvalue weighted by Crippen LogP contribution is 2.46.